The Balaban J connectivity index is 0.000000333. The minimum atomic E-state index is 0.102. The van der Waals surface area contributed by atoms with E-state index >= 15 is 0 Å². The molecule has 0 saturated heterocycles. The molecule has 0 bridgehead atoms. The van der Waals surface area contributed by atoms with Gasteiger partial charge in [-0.25, -0.2) is 0 Å². The molecule has 0 aliphatic rings. The number of aldehydes is 1. The second-order valence-corrected chi connectivity index (χ2v) is 14.1. The predicted octanol–water partition coefficient (Wildman–Crippen LogP) is 12.6. The molecule has 5 nitrogen and oxygen atoms in total. The third kappa shape index (κ3) is 15.7. The molecule has 2 N–H and O–H groups in total. The quantitative estimate of drug-likeness (QED) is 0.101. The minimum Gasteiger partial charge on any atom is -0.507 e. The molecule has 238 valence electrons. The maximum Gasteiger partial charge on any atom is 0.153 e. The zero-order valence-electron chi connectivity index (χ0n) is 25.1. The van der Waals surface area contributed by atoms with Gasteiger partial charge in [0.2, 0.25) is 0 Å². The Kier molecular flexibility index (Phi) is 20.8. The van der Waals surface area contributed by atoms with Gasteiger partial charge in [0.15, 0.2) is 6.29 Å². The molecular weight excluding hydrogens is 876 g/mol. The average Bonchev–Trinajstić information content (AvgIpc) is 2.96. The maximum absolute atomic E-state index is 10.9. The van der Waals surface area contributed by atoms with Crippen LogP contribution in [0.3, 0.4) is 0 Å². The number of rotatable bonds is 13. The summed E-state index contributed by atoms with van der Waals surface area (Å²) in [5, 5.41) is 18.1. The van der Waals surface area contributed by atoms with Crippen LogP contribution in [0.5, 0.6) is 23.0 Å². The van der Waals surface area contributed by atoms with Crippen molar-refractivity contribution in [3.05, 3.63) is 75.5 Å². The van der Waals surface area contributed by atoms with Crippen molar-refractivity contribution in [3.63, 3.8) is 0 Å². The van der Waals surface area contributed by atoms with Crippen molar-refractivity contribution in [1.82, 2.24) is 0 Å². The Morgan fingerprint density at radius 1 is 0.581 bits per heavy atom. The molecule has 3 aromatic rings. The molecule has 0 radical (unpaired) electrons. The molecule has 0 atom stereocenters. The molecule has 0 saturated carbocycles. The normalized spacial score (nSPS) is 10.3. The number of halogens is 5. The highest BCUT2D eigenvalue weighted by Crippen LogP contribution is 2.34. The second-order valence-electron chi connectivity index (χ2n) is 9.86. The van der Waals surface area contributed by atoms with Crippen molar-refractivity contribution in [2.45, 2.75) is 79.1 Å². The number of unbranched alkanes of at least 4 members (excludes halogenated alkanes) is 6. The minimum absolute atomic E-state index is 0.102. The van der Waals surface area contributed by atoms with Gasteiger partial charge in [-0.1, -0.05) is 84.2 Å². The SMILES string of the molecule is CCCCCCOc1cc(Br)c(C)cc1Br.CCCCCCOc1cc(Br)c(C)cc1C=O.Oc1cc(Br)c(O)cc1Br. The van der Waals surface area contributed by atoms with Gasteiger partial charge in [-0.2, -0.15) is 0 Å². The fourth-order valence-corrected chi connectivity index (χ4v) is 5.47. The predicted molar refractivity (Wildman–Crippen MR) is 195 cm³/mol. The van der Waals surface area contributed by atoms with Crippen molar-refractivity contribution in [2.75, 3.05) is 13.2 Å². The number of hydrogen-bond acceptors (Lipinski definition) is 5. The molecule has 0 spiro atoms. The van der Waals surface area contributed by atoms with Crippen LogP contribution in [0.2, 0.25) is 0 Å². The van der Waals surface area contributed by atoms with Gasteiger partial charge in [-0.3, -0.25) is 4.79 Å². The van der Waals surface area contributed by atoms with E-state index < -0.39 is 0 Å². The lowest BCUT2D eigenvalue weighted by molar-refractivity contribution is 0.111. The Morgan fingerprint density at radius 2 is 1.02 bits per heavy atom. The first-order valence-electron chi connectivity index (χ1n) is 14.3. The van der Waals surface area contributed by atoms with Crippen LogP contribution in [0.4, 0.5) is 0 Å². The lowest BCUT2D eigenvalue weighted by Gasteiger charge is -2.10. The number of aryl methyl sites for hydroxylation is 2. The van der Waals surface area contributed by atoms with Gasteiger partial charge in [-0.05, 0) is 122 Å². The van der Waals surface area contributed by atoms with E-state index in [1.54, 1.807) is 0 Å². The standard InChI is InChI=1S/C14H19BrO2.C13H18Br2O.C6H4Br2O2/c1-3-4-5-6-7-17-14-9-13(15)11(2)8-12(14)10-16;1-3-4-5-6-7-16-13-9-11(14)10(2)8-12(13)15;7-3-1-5(9)4(8)2-6(3)10/h8-10H,3-7H2,1-2H3;8-9H,3-7H2,1-2H3;1-2,9-10H. The number of aromatic hydroxyl groups is 2. The summed E-state index contributed by atoms with van der Waals surface area (Å²) in [6.07, 6.45) is 10.5. The number of hydrogen-bond donors (Lipinski definition) is 2. The van der Waals surface area contributed by atoms with Gasteiger partial charge in [-0.15, -0.1) is 0 Å². The first-order valence-corrected chi connectivity index (χ1v) is 18.2. The van der Waals surface area contributed by atoms with E-state index in [1.807, 2.05) is 25.1 Å². The molecule has 10 heteroatoms. The van der Waals surface area contributed by atoms with E-state index in [2.05, 4.69) is 106 Å². The number of phenols is 2. The Labute approximate surface area is 298 Å². The van der Waals surface area contributed by atoms with Crippen LogP contribution in [0, 0.1) is 13.8 Å². The smallest absolute Gasteiger partial charge is 0.153 e. The molecular formula is C33H41Br5O5. The van der Waals surface area contributed by atoms with Gasteiger partial charge in [0.05, 0.1) is 32.2 Å². The summed E-state index contributed by atoms with van der Waals surface area (Å²) in [5.74, 6) is 1.80. The highest BCUT2D eigenvalue weighted by Gasteiger charge is 2.07. The molecule has 3 aromatic carbocycles. The lowest BCUT2D eigenvalue weighted by Crippen LogP contribution is -2.00. The third-order valence-corrected chi connectivity index (χ3v) is 9.76. The summed E-state index contributed by atoms with van der Waals surface area (Å²) in [6, 6.07) is 10.7. The van der Waals surface area contributed by atoms with Crippen LogP contribution >= 0.6 is 79.6 Å². The van der Waals surface area contributed by atoms with Crippen molar-refractivity contribution in [3.8, 4) is 23.0 Å². The van der Waals surface area contributed by atoms with Crippen LogP contribution in [0.15, 0.2) is 58.8 Å². The van der Waals surface area contributed by atoms with E-state index in [4.69, 9.17) is 19.7 Å². The van der Waals surface area contributed by atoms with E-state index in [0.717, 1.165) is 50.5 Å². The molecule has 3 rings (SSSR count). The van der Waals surface area contributed by atoms with Crippen molar-refractivity contribution < 1.29 is 24.5 Å². The van der Waals surface area contributed by atoms with Gasteiger partial charge in [0, 0.05) is 8.95 Å². The summed E-state index contributed by atoms with van der Waals surface area (Å²) in [7, 11) is 0. The molecule has 0 amide bonds. The topological polar surface area (TPSA) is 76.0 Å². The Hall–Kier alpha value is -1.07. The number of phenolic OH excluding ortho intramolecular Hbond substituents is 2. The van der Waals surface area contributed by atoms with Crippen LogP contribution in [-0.4, -0.2) is 29.7 Å². The van der Waals surface area contributed by atoms with Gasteiger partial charge >= 0.3 is 0 Å². The zero-order chi connectivity index (χ0) is 32.4. The van der Waals surface area contributed by atoms with Crippen LogP contribution in [0.25, 0.3) is 0 Å². The van der Waals surface area contributed by atoms with E-state index in [0.29, 0.717) is 26.9 Å². The van der Waals surface area contributed by atoms with Gasteiger partial charge < -0.3 is 19.7 Å². The number of carbonyl (C=O) groups excluding carboxylic acids is 1. The van der Waals surface area contributed by atoms with Gasteiger partial charge in [0.1, 0.15) is 23.0 Å². The summed E-state index contributed by atoms with van der Waals surface area (Å²) in [4.78, 5) is 10.9. The van der Waals surface area contributed by atoms with E-state index in [1.165, 1.54) is 56.2 Å². The molecule has 43 heavy (non-hydrogen) atoms. The fourth-order valence-electron chi connectivity index (χ4n) is 3.59. The van der Waals surface area contributed by atoms with Crippen LogP contribution < -0.4 is 9.47 Å². The summed E-state index contributed by atoms with van der Waals surface area (Å²) in [5.41, 5.74) is 2.89. The Morgan fingerprint density at radius 3 is 1.49 bits per heavy atom. The highest BCUT2D eigenvalue weighted by atomic mass is 79.9. The number of ether oxygens (including phenoxy) is 2. The van der Waals surface area contributed by atoms with Crippen molar-refractivity contribution in [1.29, 1.82) is 0 Å². The molecule has 0 aromatic heterocycles. The highest BCUT2D eigenvalue weighted by molar-refractivity contribution is 9.11. The molecule has 0 aliphatic carbocycles. The maximum atomic E-state index is 10.9. The van der Waals surface area contributed by atoms with Crippen LogP contribution in [-0.2, 0) is 0 Å². The average molecular weight is 917 g/mol. The van der Waals surface area contributed by atoms with Crippen LogP contribution in [0.1, 0.15) is 86.7 Å². The summed E-state index contributed by atoms with van der Waals surface area (Å²) >= 11 is 16.6. The van der Waals surface area contributed by atoms with E-state index in [-0.39, 0.29) is 11.5 Å². The third-order valence-electron chi connectivity index (χ3n) is 6.16. The first kappa shape index (κ1) is 40.0. The number of carbonyl (C=O) groups is 1. The molecule has 0 fully saturated rings. The van der Waals surface area contributed by atoms with Crippen molar-refractivity contribution >= 4 is 85.9 Å². The second kappa shape index (κ2) is 22.4. The first-order chi connectivity index (χ1) is 20.4. The summed E-state index contributed by atoms with van der Waals surface area (Å²) in [6.45, 7) is 9.91. The van der Waals surface area contributed by atoms with Gasteiger partial charge in [0.25, 0.3) is 0 Å². The molecule has 0 heterocycles. The molecule has 0 unspecified atom stereocenters. The van der Waals surface area contributed by atoms with E-state index in [9.17, 15) is 4.79 Å². The Bertz CT molecular complexity index is 1230. The fraction of sp³-hybridized carbons (Fsp3) is 0.424. The molecule has 0 aliphatic heterocycles. The summed E-state index contributed by atoms with van der Waals surface area (Å²) < 4.78 is 15.5. The largest absolute Gasteiger partial charge is 0.507 e. The monoisotopic (exact) mass is 912 g/mol. The lowest BCUT2D eigenvalue weighted by atomic mass is 10.1. The zero-order valence-corrected chi connectivity index (χ0v) is 33.1. The number of benzene rings is 3. The van der Waals surface area contributed by atoms with Crippen molar-refractivity contribution in [2.24, 2.45) is 0 Å².